The molecule has 1 aromatic rings. The van der Waals surface area contributed by atoms with Crippen molar-refractivity contribution < 1.29 is 4.79 Å². The van der Waals surface area contributed by atoms with E-state index in [0.717, 1.165) is 39.0 Å². The van der Waals surface area contributed by atoms with Gasteiger partial charge in [0.25, 0.3) is 0 Å². The molecule has 3 nitrogen and oxygen atoms in total. The lowest BCUT2D eigenvalue weighted by atomic mass is 9.97. The minimum atomic E-state index is 0.376. The zero-order valence-electron chi connectivity index (χ0n) is 11.8. The van der Waals surface area contributed by atoms with Gasteiger partial charge in [0, 0.05) is 32.6 Å². The van der Waals surface area contributed by atoms with E-state index >= 15 is 0 Å². The van der Waals surface area contributed by atoms with Crippen LogP contribution in [0.25, 0.3) is 0 Å². The molecule has 0 unspecified atom stereocenters. The zero-order valence-corrected chi connectivity index (χ0v) is 11.8. The van der Waals surface area contributed by atoms with Crippen molar-refractivity contribution in [3.05, 3.63) is 35.4 Å². The molecule has 1 aliphatic carbocycles. The lowest BCUT2D eigenvalue weighted by Crippen LogP contribution is -2.32. The van der Waals surface area contributed by atoms with Crippen molar-refractivity contribution in [2.24, 2.45) is 11.8 Å². The maximum Gasteiger partial charge on any atom is 0.223 e. The Morgan fingerprint density at radius 2 is 1.95 bits per heavy atom. The quantitative estimate of drug-likeness (QED) is 0.888. The number of carbonyl (C=O) groups excluding carboxylic acids is 1. The number of nitrogens with zero attached hydrogens (tertiary/aromatic N) is 1. The Balaban J connectivity index is 1.42. The summed E-state index contributed by atoms with van der Waals surface area (Å²) in [5.74, 6) is 2.24. The van der Waals surface area contributed by atoms with Crippen LogP contribution in [-0.2, 0) is 11.2 Å². The summed E-state index contributed by atoms with van der Waals surface area (Å²) < 4.78 is 0. The Hall–Kier alpha value is -1.35. The zero-order chi connectivity index (χ0) is 13.5. The van der Waals surface area contributed by atoms with Crippen molar-refractivity contribution in [3.8, 4) is 0 Å². The van der Waals surface area contributed by atoms with Gasteiger partial charge >= 0.3 is 0 Å². The monoisotopic (exact) mass is 270 g/mol. The fraction of sp³-hybridized carbons (Fsp3) is 0.588. The van der Waals surface area contributed by atoms with Gasteiger partial charge in [-0.2, -0.15) is 0 Å². The molecule has 0 bridgehead atoms. The van der Waals surface area contributed by atoms with Gasteiger partial charge in [0.1, 0.15) is 0 Å². The van der Waals surface area contributed by atoms with Crippen LogP contribution in [0.1, 0.15) is 29.9 Å². The Bertz CT molecular complexity index is 515. The molecule has 4 rings (SSSR count). The molecule has 2 heterocycles. The number of hydrogen-bond acceptors (Lipinski definition) is 2. The number of rotatable bonds is 2. The smallest absolute Gasteiger partial charge is 0.223 e. The van der Waals surface area contributed by atoms with Crippen molar-refractivity contribution in [1.29, 1.82) is 0 Å². The van der Waals surface area contributed by atoms with Crippen molar-refractivity contribution >= 4 is 5.91 Å². The molecule has 2 aliphatic heterocycles. The number of likely N-dealkylation sites (tertiary alicyclic amines) is 1. The normalized spacial score (nSPS) is 31.4. The third-order valence-electron chi connectivity index (χ3n) is 5.42. The van der Waals surface area contributed by atoms with Crippen LogP contribution in [0.4, 0.5) is 0 Å². The van der Waals surface area contributed by atoms with Crippen LogP contribution < -0.4 is 5.32 Å². The largest absolute Gasteiger partial charge is 0.342 e. The Morgan fingerprint density at radius 3 is 2.75 bits per heavy atom. The Morgan fingerprint density at radius 1 is 1.20 bits per heavy atom. The predicted octanol–water partition coefficient (Wildman–Crippen LogP) is 1.78. The summed E-state index contributed by atoms with van der Waals surface area (Å²) in [5, 5.41) is 3.43. The lowest BCUT2D eigenvalue weighted by Gasteiger charge is -2.20. The second-order valence-electron chi connectivity index (χ2n) is 6.62. The van der Waals surface area contributed by atoms with Crippen LogP contribution in [0.2, 0.25) is 0 Å². The van der Waals surface area contributed by atoms with E-state index < -0.39 is 0 Å². The van der Waals surface area contributed by atoms with Gasteiger partial charge in [0.2, 0.25) is 5.91 Å². The van der Waals surface area contributed by atoms with E-state index in [1.165, 1.54) is 11.1 Å². The average molecular weight is 270 g/mol. The molecular formula is C17H22N2O. The first-order chi connectivity index (χ1) is 9.81. The van der Waals surface area contributed by atoms with Gasteiger partial charge in [0.15, 0.2) is 0 Å². The van der Waals surface area contributed by atoms with Crippen LogP contribution in [0.5, 0.6) is 0 Å². The maximum absolute atomic E-state index is 12.5. The van der Waals surface area contributed by atoms with Gasteiger partial charge in [-0.1, -0.05) is 24.3 Å². The minimum Gasteiger partial charge on any atom is -0.342 e. The minimum absolute atomic E-state index is 0.376. The molecule has 3 heteroatoms. The van der Waals surface area contributed by atoms with E-state index in [1.54, 1.807) is 0 Å². The van der Waals surface area contributed by atoms with E-state index in [9.17, 15) is 4.79 Å². The number of benzene rings is 1. The number of amides is 1. The summed E-state index contributed by atoms with van der Waals surface area (Å²) in [6, 6.07) is 8.64. The first-order valence-electron chi connectivity index (χ1n) is 7.87. The Labute approximate surface area is 120 Å². The van der Waals surface area contributed by atoms with E-state index in [0.29, 0.717) is 30.1 Å². The molecule has 3 atom stereocenters. The maximum atomic E-state index is 12.5. The summed E-state index contributed by atoms with van der Waals surface area (Å²) in [6.07, 6.45) is 3.00. The highest BCUT2D eigenvalue weighted by atomic mass is 16.2. The second kappa shape index (κ2) is 4.88. The highest BCUT2D eigenvalue weighted by Crippen LogP contribution is 2.36. The van der Waals surface area contributed by atoms with Crippen molar-refractivity contribution in [2.75, 3.05) is 26.2 Å². The van der Waals surface area contributed by atoms with Crippen LogP contribution in [0, 0.1) is 11.8 Å². The lowest BCUT2D eigenvalue weighted by molar-refractivity contribution is -0.130. The number of fused-ring (bicyclic) bond motifs is 2. The molecule has 106 valence electrons. The molecule has 2 saturated heterocycles. The SMILES string of the molecule is O=C(C[C@H]1CCc2ccccc21)N1C[C@H]2CNC[C@H]2C1. The van der Waals surface area contributed by atoms with Crippen LogP contribution >= 0.6 is 0 Å². The van der Waals surface area contributed by atoms with Gasteiger partial charge < -0.3 is 10.2 Å². The fourth-order valence-electron chi connectivity index (χ4n) is 4.26. The topological polar surface area (TPSA) is 32.3 Å². The molecule has 3 aliphatic rings. The molecule has 0 aromatic heterocycles. The van der Waals surface area contributed by atoms with Gasteiger partial charge in [-0.25, -0.2) is 0 Å². The highest BCUT2D eigenvalue weighted by Gasteiger charge is 2.38. The summed E-state index contributed by atoms with van der Waals surface area (Å²) in [5.41, 5.74) is 2.87. The summed E-state index contributed by atoms with van der Waals surface area (Å²) in [4.78, 5) is 14.7. The van der Waals surface area contributed by atoms with Crippen LogP contribution in [0.3, 0.4) is 0 Å². The van der Waals surface area contributed by atoms with E-state index in [2.05, 4.69) is 34.5 Å². The van der Waals surface area contributed by atoms with Crippen molar-refractivity contribution in [1.82, 2.24) is 10.2 Å². The predicted molar refractivity (Wildman–Crippen MR) is 78.6 cm³/mol. The third kappa shape index (κ3) is 2.05. The van der Waals surface area contributed by atoms with E-state index in [4.69, 9.17) is 0 Å². The molecule has 1 aromatic carbocycles. The van der Waals surface area contributed by atoms with Crippen molar-refractivity contribution in [3.63, 3.8) is 0 Å². The first kappa shape index (κ1) is 12.4. The first-order valence-corrected chi connectivity index (χ1v) is 7.87. The second-order valence-corrected chi connectivity index (χ2v) is 6.62. The van der Waals surface area contributed by atoms with E-state index in [-0.39, 0.29) is 0 Å². The van der Waals surface area contributed by atoms with Gasteiger partial charge in [-0.3, -0.25) is 4.79 Å². The molecule has 0 radical (unpaired) electrons. The van der Waals surface area contributed by atoms with Crippen LogP contribution in [-0.4, -0.2) is 37.0 Å². The summed E-state index contributed by atoms with van der Waals surface area (Å²) in [7, 11) is 0. The number of nitrogens with one attached hydrogen (secondary N) is 1. The number of carbonyl (C=O) groups is 1. The molecule has 0 saturated carbocycles. The molecule has 1 amide bonds. The average Bonchev–Trinajstić information content (AvgIpc) is 3.12. The molecule has 2 fully saturated rings. The number of hydrogen-bond donors (Lipinski definition) is 1. The molecular weight excluding hydrogens is 248 g/mol. The standard InChI is InChI=1S/C17H22N2O/c20-17(19-10-14-8-18-9-15(14)11-19)7-13-6-5-12-3-1-2-4-16(12)13/h1-4,13-15,18H,5-11H2/t13-,14-,15+/m1/s1. The molecule has 0 spiro atoms. The van der Waals surface area contributed by atoms with Crippen molar-refractivity contribution in [2.45, 2.75) is 25.2 Å². The van der Waals surface area contributed by atoms with E-state index in [1.807, 2.05) is 0 Å². The number of aryl methyl sites for hydroxylation is 1. The highest BCUT2D eigenvalue weighted by molar-refractivity contribution is 5.77. The fourth-order valence-corrected chi connectivity index (χ4v) is 4.26. The van der Waals surface area contributed by atoms with Gasteiger partial charge in [-0.15, -0.1) is 0 Å². The molecule has 20 heavy (non-hydrogen) atoms. The van der Waals surface area contributed by atoms with Crippen LogP contribution in [0.15, 0.2) is 24.3 Å². The summed E-state index contributed by atoms with van der Waals surface area (Å²) >= 11 is 0. The summed E-state index contributed by atoms with van der Waals surface area (Å²) in [6.45, 7) is 4.15. The molecule has 1 N–H and O–H groups in total. The third-order valence-corrected chi connectivity index (χ3v) is 5.42. The van der Waals surface area contributed by atoms with Gasteiger partial charge in [0.05, 0.1) is 0 Å². The van der Waals surface area contributed by atoms with Gasteiger partial charge in [-0.05, 0) is 41.7 Å². The Kier molecular flexibility index (Phi) is 3.03.